The molecule has 0 unspecified atom stereocenters. The van der Waals surface area contributed by atoms with Crippen LogP contribution in [0.25, 0.3) is 66.1 Å². The molecule has 9 aromatic rings. The summed E-state index contributed by atoms with van der Waals surface area (Å²) in [6, 6.07) is 76.8. The molecular formula is C50H35N. The molecule has 0 aromatic heterocycles. The van der Waals surface area contributed by atoms with Crippen molar-refractivity contribution < 1.29 is 0 Å². The molecule has 9 rings (SSSR count). The summed E-state index contributed by atoms with van der Waals surface area (Å²) in [5.41, 5.74) is 12.8. The molecule has 0 radical (unpaired) electrons. The Balaban J connectivity index is 1.31. The highest BCUT2D eigenvalue weighted by molar-refractivity contribution is 6.00. The maximum absolute atomic E-state index is 2.44. The molecule has 240 valence electrons. The van der Waals surface area contributed by atoms with Crippen molar-refractivity contribution in [2.75, 3.05) is 4.90 Å². The fourth-order valence-corrected chi connectivity index (χ4v) is 7.40. The largest absolute Gasteiger partial charge is 0.310 e. The van der Waals surface area contributed by atoms with E-state index in [-0.39, 0.29) is 0 Å². The lowest BCUT2D eigenvalue weighted by molar-refractivity contribution is 1.28. The summed E-state index contributed by atoms with van der Waals surface area (Å²) in [6.45, 7) is 0. The first kappa shape index (κ1) is 30.4. The van der Waals surface area contributed by atoms with E-state index in [0.29, 0.717) is 0 Å². The molecular weight excluding hydrogens is 615 g/mol. The van der Waals surface area contributed by atoms with Crippen LogP contribution in [-0.2, 0) is 0 Å². The second-order valence-corrected chi connectivity index (χ2v) is 13.0. The molecule has 0 N–H and O–H groups in total. The van der Waals surface area contributed by atoms with Gasteiger partial charge >= 0.3 is 0 Å². The van der Waals surface area contributed by atoms with E-state index < -0.39 is 0 Å². The monoisotopic (exact) mass is 649 g/mol. The molecule has 0 atom stereocenters. The van der Waals surface area contributed by atoms with Crippen LogP contribution in [0, 0.1) is 0 Å². The molecule has 0 aliphatic carbocycles. The fraction of sp³-hybridized carbons (Fsp3) is 0. The van der Waals surface area contributed by atoms with Gasteiger partial charge in [0.25, 0.3) is 0 Å². The van der Waals surface area contributed by atoms with Crippen LogP contribution in [0.4, 0.5) is 17.1 Å². The summed E-state index contributed by atoms with van der Waals surface area (Å²) < 4.78 is 0. The van der Waals surface area contributed by atoms with E-state index in [4.69, 9.17) is 0 Å². The smallest absolute Gasteiger partial charge is 0.0546 e. The maximum atomic E-state index is 2.44. The Hall–Kier alpha value is -6.70. The molecule has 0 spiro atoms. The fourth-order valence-electron chi connectivity index (χ4n) is 7.40. The Labute approximate surface area is 299 Å². The van der Waals surface area contributed by atoms with Gasteiger partial charge in [-0.05, 0) is 90.8 Å². The average Bonchev–Trinajstić information content (AvgIpc) is 3.21. The van der Waals surface area contributed by atoms with E-state index in [1.807, 2.05) is 0 Å². The predicted octanol–water partition coefficient (Wildman–Crippen LogP) is 14.1. The van der Waals surface area contributed by atoms with Gasteiger partial charge in [0.15, 0.2) is 0 Å². The van der Waals surface area contributed by atoms with Crippen LogP contribution in [0.5, 0.6) is 0 Å². The minimum absolute atomic E-state index is 1.10. The first-order chi connectivity index (χ1) is 25.3. The lowest BCUT2D eigenvalue weighted by atomic mass is 9.93. The third kappa shape index (κ3) is 5.86. The van der Waals surface area contributed by atoms with Crippen LogP contribution in [0.15, 0.2) is 212 Å². The highest BCUT2D eigenvalue weighted by atomic mass is 15.1. The van der Waals surface area contributed by atoms with Crippen molar-refractivity contribution in [2.45, 2.75) is 0 Å². The zero-order chi connectivity index (χ0) is 34.0. The van der Waals surface area contributed by atoms with Gasteiger partial charge in [-0.25, -0.2) is 0 Å². The molecule has 0 bridgehead atoms. The zero-order valence-electron chi connectivity index (χ0n) is 28.2. The number of hydrogen-bond donors (Lipinski definition) is 0. The SMILES string of the molecule is c1ccc(-c2cccc(N(c3cccc(-c4cccc5ccccc45)c3)c3cc(-c4cccc5ccccc45)ccc3-c3ccccc3)c2)cc1. The molecule has 9 aromatic carbocycles. The first-order valence-corrected chi connectivity index (χ1v) is 17.5. The van der Waals surface area contributed by atoms with Crippen molar-refractivity contribution in [1.82, 2.24) is 0 Å². The van der Waals surface area contributed by atoms with Crippen LogP contribution in [0.2, 0.25) is 0 Å². The lowest BCUT2D eigenvalue weighted by Crippen LogP contribution is -2.12. The van der Waals surface area contributed by atoms with E-state index in [2.05, 4.69) is 217 Å². The van der Waals surface area contributed by atoms with Gasteiger partial charge in [-0.15, -0.1) is 0 Å². The van der Waals surface area contributed by atoms with Crippen LogP contribution < -0.4 is 4.90 Å². The highest BCUT2D eigenvalue weighted by Gasteiger charge is 2.20. The second-order valence-electron chi connectivity index (χ2n) is 13.0. The average molecular weight is 650 g/mol. The second kappa shape index (κ2) is 13.3. The van der Waals surface area contributed by atoms with E-state index >= 15 is 0 Å². The normalized spacial score (nSPS) is 11.1. The molecule has 0 aliphatic heterocycles. The van der Waals surface area contributed by atoms with E-state index in [1.165, 1.54) is 66.1 Å². The van der Waals surface area contributed by atoms with Crippen molar-refractivity contribution in [3.63, 3.8) is 0 Å². The summed E-state index contributed by atoms with van der Waals surface area (Å²) in [6.07, 6.45) is 0. The Morgan fingerprint density at radius 2 is 0.706 bits per heavy atom. The van der Waals surface area contributed by atoms with Crippen LogP contribution >= 0.6 is 0 Å². The van der Waals surface area contributed by atoms with Gasteiger partial charge in [0.1, 0.15) is 0 Å². The summed E-state index contributed by atoms with van der Waals surface area (Å²) in [5.74, 6) is 0. The van der Waals surface area contributed by atoms with Crippen LogP contribution in [0.3, 0.4) is 0 Å². The number of rotatable bonds is 7. The quantitative estimate of drug-likeness (QED) is 0.166. The highest BCUT2D eigenvalue weighted by Crippen LogP contribution is 2.45. The Kier molecular flexibility index (Phi) is 7.92. The van der Waals surface area contributed by atoms with Gasteiger partial charge in [0.05, 0.1) is 5.69 Å². The third-order valence-electron chi connectivity index (χ3n) is 9.84. The zero-order valence-corrected chi connectivity index (χ0v) is 28.2. The molecule has 0 saturated carbocycles. The lowest BCUT2D eigenvalue weighted by Gasteiger charge is -2.29. The van der Waals surface area contributed by atoms with Gasteiger partial charge in [-0.3, -0.25) is 0 Å². The van der Waals surface area contributed by atoms with Crippen LogP contribution in [-0.4, -0.2) is 0 Å². The number of nitrogens with zero attached hydrogens (tertiary/aromatic N) is 1. The summed E-state index contributed by atoms with van der Waals surface area (Å²) in [5, 5.41) is 4.97. The number of anilines is 3. The number of benzene rings is 9. The topological polar surface area (TPSA) is 3.24 Å². The minimum atomic E-state index is 1.10. The van der Waals surface area contributed by atoms with Gasteiger partial charge < -0.3 is 4.90 Å². The summed E-state index contributed by atoms with van der Waals surface area (Å²) in [4.78, 5) is 2.44. The maximum Gasteiger partial charge on any atom is 0.0546 e. The molecule has 1 nitrogen and oxygen atoms in total. The molecule has 0 saturated heterocycles. The Morgan fingerprint density at radius 1 is 0.255 bits per heavy atom. The molecule has 1 heteroatoms. The number of fused-ring (bicyclic) bond motifs is 2. The Morgan fingerprint density at radius 3 is 1.33 bits per heavy atom. The van der Waals surface area contributed by atoms with Crippen molar-refractivity contribution in [3.8, 4) is 44.5 Å². The number of hydrogen-bond acceptors (Lipinski definition) is 1. The van der Waals surface area contributed by atoms with Gasteiger partial charge in [-0.1, -0.05) is 182 Å². The third-order valence-corrected chi connectivity index (χ3v) is 9.84. The van der Waals surface area contributed by atoms with E-state index in [9.17, 15) is 0 Å². The molecule has 51 heavy (non-hydrogen) atoms. The van der Waals surface area contributed by atoms with Crippen molar-refractivity contribution in [3.05, 3.63) is 212 Å². The summed E-state index contributed by atoms with van der Waals surface area (Å²) in [7, 11) is 0. The molecule has 0 heterocycles. The molecule has 0 aliphatic rings. The minimum Gasteiger partial charge on any atom is -0.310 e. The molecule has 0 fully saturated rings. The summed E-state index contributed by atoms with van der Waals surface area (Å²) >= 11 is 0. The first-order valence-electron chi connectivity index (χ1n) is 17.5. The van der Waals surface area contributed by atoms with Crippen LogP contribution in [0.1, 0.15) is 0 Å². The Bertz CT molecular complexity index is 2630. The standard InChI is InChI=1S/C50H35N/c1-3-15-36(16-4-1)40-23-11-25-43(33-40)51(44-26-12-24-41(34-44)47-29-13-21-37-19-7-9-27-45(37)47)50-35-42(31-32-49(50)39-17-5-2-6-18-39)48-30-14-22-38-20-8-10-28-46(38)48/h1-35H. The predicted molar refractivity (Wildman–Crippen MR) is 218 cm³/mol. The molecule has 0 amide bonds. The van der Waals surface area contributed by atoms with E-state index in [1.54, 1.807) is 0 Å². The van der Waals surface area contributed by atoms with Gasteiger partial charge in [0.2, 0.25) is 0 Å². The van der Waals surface area contributed by atoms with Crippen molar-refractivity contribution >= 4 is 38.6 Å². The van der Waals surface area contributed by atoms with Crippen molar-refractivity contribution in [1.29, 1.82) is 0 Å². The van der Waals surface area contributed by atoms with E-state index in [0.717, 1.165) is 17.1 Å². The van der Waals surface area contributed by atoms with Crippen molar-refractivity contribution in [2.24, 2.45) is 0 Å². The van der Waals surface area contributed by atoms with Gasteiger partial charge in [0, 0.05) is 16.9 Å². The van der Waals surface area contributed by atoms with Gasteiger partial charge in [-0.2, -0.15) is 0 Å².